The molecule has 0 bridgehead atoms. The lowest BCUT2D eigenvalue weighted by Gasteiger charge is -2.16. The van der Waals surface area contributed by atoms with Gasteiger partial charge in [0.1, 0.15) is 23.1 Å². The molecule has 36 heavy (non-hydrogen) atoms. The third-order valence-electron chi connectivity index (χ3n) is 6.35. The standard InChI is InChI=1S/C26H28FN7O2/c1-36-16-23-21(15-34(32-23)14-17-4-5-24(30-12-17)33-8-2-3-9-33)26(35)31-13-19-10-18-6-7-29-25(28)20(18)11-22(19)27/h4-7,10-12,15H,2-3,8-9,13-14,16H2,1H3,(H2,28,29)(H,31,35). The van der Waals surface area contributed by atoms with E-state index in [2.05, 4.69) is 25.3 Å². The molecule has 1 aliphatic heterocycles. The molecule has 9 nitrogen and oxygen atoms in total. The second kappa shape index (κ2) is 10.3. The van der Waals surface area contributed by atoms with E-state index in [1.54, 1.807) is 36.3 Å². The lowest BCUT2D eigenvalue weighted by molar-refractivity contribution is 0.0945. The van der Waals surface area contributed by atoms with Gasteiger partial charge in [-0.15, -0.1) is 0 Å². The summed E-state index contributed by atoms with van der Waals surface area (Å²) in [5.74, 6) is 0.431. The van der Waals surface area contributed by atoms with Crippen molar-refractivity contribution in [3.8, 4) is 0 Å². The molecular weight excluding hydrogens is 461 g/mol. The zero-order valence-corrected chi connectivity index (χ0v) is 20.1. The van der Waals surface area contributed by atoms with E-state index in [1.807, 2.05) is 18.3 Å². The average molecular weight is 490 g/mol. The van der Waals surface area contributed by atoms with E-state index in [1.165, 1.54) is 18.9 Å². The number of carbonyl (C=O) groups is 1. The fraction of sp³-hybridized carbons (Fsp3) is 0.308. The highest BCUT2D eigenvalue weighted by Gasteiger charge is 2.18. The van der Waals surface area contributed by atoms with Crippen LogP contribution in [0.25, 0.3) is 10.8 Å². The number of anilines is 2. The predicted octanol–water partition coefficient (Wildman–Crippen LogP) is 3.27. The normalized spacial score (nSPS) is 13.4. The van der Waals surface area contributed by atoms with Crippen molar-refractivity contribution in [3.63, 3.8) is 0 Å². The van der Waals surface area contributed by atoms with Gasteiger partial charge in [0.05, 0.1) is 18.7 Å². The minimum Gasteiger partial charge on any atom is -0.383 e. The Hall–Kier alpha value is -4.05. The Morgan fingerprint density at radius 3 is 2.78 bits per heavy atom. The molecule has 10 heteroatoms. The fourth-order valence-corrected chi connectivity index (χ4v) is 4.48. The highest BCUT2D eigenvalue weighted by Crippen LogP contribution is 2.23. The van der Waals surface area contributed by atoms with Crippen molar-refractivity contribution in [2.75, 3.05) is 30.8 Å². The van der Waals surface area contributed by atoms with Crippen molar-refractivity contribution < 1.29 is 13.9 Å². The number of halogens is 1. The molecule has 1 amide bonds. The zero-order chi connectivity index (χ0) is 25.1. The molecule has 0 atom stereocenters. The van der Waals surface area contributed by atoms with Crippen LogP contribution in [0.5, 0.6) is 0 Å². The monoisotopic (exact) mass is 489 g/mol. The number of nitrogens with zero attached hydrogens (tertiary/aromatic N) is 5. The summed E-state index contributed by atoms with van der Waals surface area (Å²) in [6.45, 7) is 2.74. The first kappa shape index (κ1) is 23.7. The SMILES string of the molecule is COCc1nn(Cc2ccc(N3CCCC3)nc2)cc1C(=O)NCc1cc2ccnc(N)c2cc1F. The molecule has 1 fully saturated rings. The van der Waals surface area contributed by atoms with Gasteiger partial charge in [0.2, 0.25) is 0 Å². The van der Waals surface area contributed by atoms with E-state index in [-0.39, 0.29) is 24.9 Å². The quantitative estimate of drug-likeness (QED) is 0.391. The summed E-state index contributed by atoms with van der Waals surface area (Å²) in [4.78, 5) is 23.9. The summed E-state index contributed by atoms with van der Waals surface area (Å²) in [5.41, 5.74) is 8.06. The predicted molar refractivity (Wildman–Crippen MR) is 135 cm³/mol. The Kier molecular flexibility index (Phi) is 6.77. The molecule has 3 N–H and O–H groups in total. The Bertz CT molecular complexity index is 1380. The highest BCUT2D eigenvalue weighted by molar-refractivity contribution is 5.95. The van der Waals surface area contributed by atoms with Crippen LogP contribution in [0, 0.1) is 5.82 Å². The molecule has 5 rings (SSSR count). The van der Waals surface area contributed by atoms with Crippen molar-refractivity contribution in [2.24, 2.45) is 0 Å². The van der Waals surface area contributed by atoms with Gasteiger partial charge in [-0.05, 0) is 48.1 Å². The number of hydrogen-bond acceptors (Lipinski definition) is 7. The Morgan fingerprint density at radius 1 is 1.19 bits per heavy atom. The maximum Gasteiger partial charge on any atom is 0.255 e. The molecule has 0 spiro atoms. The van der Waals surface area contributed by atoms with Crippen LogP contribution < -0.4 is 16.0 Å². The number of aromatic nitrogens is 4. The molecule has 3 aromatic heterocycles. The second-order valence-corrected chi connectivity index (χ2v) is 8.88. The fourth-order valence-electron chi connectivity index (χ4n) is 4.48. The van der Waals surface area contributed by atoms with Crippen LogP contribution in [-0.4, -0.2) is 45.9 Å². The first-order valence-electron chi connectivity index (χ1n) is 11.9. The molecule has 1 aromatic carbocycles. The van der Waals surface area contributed by atoms with Gasteiger partial charge in [-0.25, -0.2) is 14.4 Å². The third-order valence-corrected chi connectivity index (χ3v) is 6.35. The van der Waals surface area contributed by atoms with Crippen LogP contribution in [-0.2, 0) is 24.4 Å². The smallest absolute Gasteiger partial charge is 0.255 e. The molecule has 0 radical (unpaired) electrons. The van der Waals surface area contributed by atoms with E-state index in [0.717, 1.165) is 29.9 Å². The molecule has 186 valence electrons. The van der Waals surface area contributed by atoms with Gasteiger partial charge < -0.3 is 20.7 Å². The van der Waals surface area contributed by atoms with Gasteiger partial charge in [0.25, 0.3) is 5.91 Å². The van der Waals surface area contributed by atoms with E-state index in [4.69, 9.17) is 10.5 Å². The minimum atomic E-state index is -0.458. The number of nitrogen functional groups attached to an aromatic ring is 1. The number of hydrogen-bond donors (Lipinski definition) is 2. The first-order chi connectivity index (χ1) is 17.5. The van der Waals surface area contributed by atoms with Gasteiger partial charge in [-0.3, -0.25) is 9.48 Å². The summed E-state index contributed by atoms with van der Waals surface area (Å²) in [7, 11) is 1.55. The third kappa shape index (κ3) is 4.99. The lowest BCUT2D eigenvalue weighted by Crippen LogP contribution is -2.24. The summed E-state index contributed by atoms with van der Waals surface area (Å²) in [5, 5.41) is 8.63. The van der Waals surface area contributed by atoms with Gasteiger partial charge >= 0.3 is 0 Å². The van der Waals surface area contributed by atoms with Crippen LogP contribution in [0.15, 0.2) is 48.9 Å². The molecular formula is C26H28FN7O2. The molecule has 4 heterocycles. The number of benzene rings is 1. The molecule has 1 saturated heterocycles. The molecule has 1 aliphatic rings. The van der Waals surface area contributed by atoms with Gasteiger partial charge in [-0.2, -0.15) is 5.10 Å². The van der Waals surface area contributed by atoms with E-state index in [0.29, 0.717) is 28.8 Å². The van der Waals surface area contributed by atoms with Crippen LogP contribution in [0.1, 0.15) is 40.0 Å². The van der Waals surface area contributed by atoms with Crippen molar-refractivity contribution in [1.29, 1.82) is 0 Å². The topological polar surface area (TPSA) is 111 Å². The van der Waals surface area contributed by atoms with Gasteiger partial charge in [0.15, 0.2) is 0 Å². The number of fused-ring (bicyclic) bond motifs is 1. The highest BCUT2D eigenvalue weighted by atomic mass is 19.1. The summed E-state index contributed by atoms with van der Waals surface area (Å²) in [6.07, 6.45) is 7.49. The number of carbonyl (C=O) groups excluding carboxylic acids is 1. The number of nitrogens with one attached hydrogen (secondary N) is 1. The molecule has 4 aromatic rings. The van der Waals surface area contributed by atoms with Crippen LogP contribution in [0.4, 0.5) is 16.0 Å². The van der Waals surface area contributed by atoms with Crippen LogP contribution in [0.2, 0.25) is 0 Å². The maximum absolute atomic E-state index is 14.6. The summed E-state index contributed by atoms with van der Waals surface area (Å²) in [6, 6.07) is 8.82. The Labute approximate surface area is 208 Å². The number of rotatable bonds is 8. The van der Waals surface area contributed by atoms with Crippen molar-refractivity contribution in [2.45, 2.75) is 32.5 Å². The largest absolute Gasteiger partial charge is 0.383 e. The number of nitrogens with two attached hydrogens (primary N) is 1. The van der Waals surface area contributed by atoms with Gasteiger partial charge in [0, 0.05) is 56.3 Å². The Morgan fingerprint density at radius 2 is 2.03 bits per heavy atom. The van der Waals surface area contributed by atoms with Crippen molar-refractivity contribution in [1.82, 2.24) is 25.1 Å². The summed E-state index contributed by atoms with van der Waals surface area (Å²) >= 11 is 0. The number of pyridine rings is 2. The first-order valence-corrected chi connectivity index (χ1v) is 11.9. The summed E-state index contributed by atoms with van der Waals surface area (Å²) < 4.78 is 21.6. The molecule has 0 aliphatic carbocycles. The van der Waals surface area contributed by atoms with E-state index < -0.39 is 5.82 Å². The van der Waals surface area contributed by atoms with Crippen molar-refractivity contribution >= 4 is 28.3 Å². The zero-order valence-electron chi connectivity index (χ0n) is 20.1. The number of methoxy groups -OCH3 is 1. The number of ether oxygens (including phenoxy) is 1. The molecule has 0 saturated carbocycles. The van der Waals surface area contributed by atoms with Crippen molar-refractivity contribution in [3.05, 3.63) is 77.1 Å². The molecule has 0 unspecified atom stereocenters. The second-order valence-electron chi connectivity index (χ2n) is 8.88. The van der Waals surface area contributed by atoms with Crippen LogP contribution >= 0.6 is 0 Å². The lowest BCUT2D eigenvalue weighted by atomic mass is 10.1. The minimum absolute atomic E-state index is 0.0162. The van der Waals surface area contributed by atoms with E-state index in [9.17, 15) is 9.18 Å². The Balaban J connectivity index is 1.29. The van der Waals surface area contributed by atoms with Crippen LogP contribution in [0.3, 0.4) is 0 Å². The van der Waals surface area contributed by atoms with E-state index >= 15 is 0 Å². The average Bonchev–Trinajstić information content (AvgIpc) is 3.55. The number of amides is 1. The van der Waals surface area contributed by atoms with Gasteiger partial charge in [-0.1, -0.05) is 6.07 Å². The maximum atomic E-state index is 14.6.